The molecule has 0 aromatic carbocycles. The van der Waals surface area contributed by atoms with Gasteiger partial charge in [-0.1, -0.05) is 6.07 Å². The van der Waals surface area contributed by atoms with Crippen LogP contribution in [0.15, 0.2) is 41.3 Å². The highest BCUT2D eigenvalue weighted by molar-refractivity contribution is 9.10. The molecule has 3 heterocycles. The van der Waals surface area contributed by atoms with Crippen molar-refractivity contribution in [3.63, 3.8) is 0 Å². The Hall–Kier alpha value is -1.75. The fourth-order valence-corrected chi connectivity index (χ4v) is 2.18. The Morgan fingerprint density at radius 1 is 1.22 bits per heavy atom. The molecule has 90 valence electrons. The maximum atomic E-state index is 4.46. The number of H-pyrrole nitrogens is 1. The van der Waals surface area contributed by atoms with Gasteiger partial charge < -0.3 is 4.98 Å². The van der Waals surface area contributed by atoms with Crippen LogP contribution in [0.2, 0.25) is 0 Å². The third kappa shape index (κ3) is 2.41. The van der Waals surface area contributed by atoms with Crippen LogP contribution in [-0.2, 0) is 12.8 Å². The molecule has 0 spiro atoms. The molecule has 0 saturated carbocycles. The number of aromatic nitrogens is 4. The monoisotopic (exact) mass is 302 g/mol. The number of hydrogen-bond acceptors (Lipinski definition) is 3. The number of hydrogen-bond donors (Lipinski definition) is 1. The number of aromatic amines is 1. The molecule has 0 saturated heterocycles. The maximum Gasteiger partial charge on any atom is 0.177 e. The molecule has 3 rings (SSSR count). The zero-order chi connectivity index (χ0) is 12.4. The average Bonchev–Trinajstić information content (AvgIpc) is 2.79. The summed E-state index contributed by atoms with van der Waals surface area (Å²) in [6, 6.07) is 6.01. The highest BCUT2D eigenvalue weighted by Crippen LogP contribution is 2.15. The van der Waals surface area contributed by atoms with Crippen LogP contribution in [0.25, 0.3) is 11.2 Å². The Morgan fingerprint density at radius 3 is 3.00 bits per heavy atom. The van der Waals surface area contributed by atoms with E-state index in [1.54, 1.807) is 12.4 Å². The first kappa shape index (κ1) is 11.3. The predicted molar refractivity (Wildman–Crippen MR) is 73.2 cm³/mol. The van der Waals surface area contributed by atoms with Gasteiger partial charge in [0, 0.05) is 29.5 Å². The summed E-state index contributed by atoms with van der Waals surface area (Å²) in [6.45, 7) is 0. The van der Waals surface area contributed by atoms with Crippen LogP contribution in [0.1, 0.15) is 11.4 Å². The van der Waals surface area contributed by atoms with Gasteiger partial charge in [0.2, 0.25) is 0 Å². The molecule has 0 aliphatic rings. The number of pyridine rings is 2. The number of nitrogens with one attached hydrogen (secondary N) is 1. The number of fused-ring (bicyclic) bond motifs is 1. The van der Waals surface area contributed by atoms with Gasteiger partial charge in [-0.05, 0) is 40.0 Å². The molecule has 0 aliphatic heterocycles. The lowest BCUT2D eigenvalue weighted by Crippen LogP contribution is -1.93. The number of rotatable bonds is 3. The van der Waals surface area contributed by atoms with E-state index >= 15 is 0 Å². The molecule has 1 N–H and O–H groups in total. The lowest BCUT2D eigenvalue weighted by Gasteiger charge is -1.97. The fourth-order valence-electron chi connectivity index (χ4n) is 1.85. The van der Waals surface area contributed by atoms with Crippen molar-refractivity contribution in [2.75, 3.05) is 0 Å². The molecule has 3 aromatic rings. The van der Waals surface area contributed by atoms with Crippen LogP contribution in [0, 0.1) is 0 Å². The summed E-state index contributed by atoms with van der Waals surface area (Å²) >= 11 is 3.40. The lowest BCUT2D eigenvalue weighted by atomic mass is 10.1. The van der Waals surface area contributed by atoms with Crippen molar-refractivity contribution in [2.24, 2.45) is 0 Å². The summed E-state index contributed by atoms with van der Waals surface area (Å²) in [6.07, 6.45) is 7.21. The molecule has 0 amide bonds. The zero-order valence-corrected chi connectivity index (χ0v) is 11.2. The van der Waals surface area contributed by atoms with E-state index < -0.39 is 0 Å². The first-order valence-corrected chi connectivity index (χ1v) is 6.49. The summed E-state index contributed by atoms with van der Waals surface area (Å²) in [7, 11) is 0. The molecule has 0 fully saturated rings. The molecule has 18 heavy (non-hydrogen) atoms. The molecule has 0 radical (unpaired) electrons. The van der Waals surface area contributed by atoms with Crippen molar-refractivity contribution in [2.45, 2.75) is 12.8 Å². The topological polar surface area (TPSA) is 54.5 Å². The molecule has 0 atom stereocenters. The van der Waals surface area contributed by atoms with E-state index in [9.17, 15) is 0 Å². The molecule has 0 unspecified atom stereocenters. The van der Waals surface area contributed by atoms with Gasteiger partial charge in [-0.15, -0.1) is 0 Å². The summed E-state index contributed by atoms with van der Waals surface area (Å²) in [5.41, 5.74) is 2.94. The number of halogens is 1. The van der Waals surface area contributed by atoms with Gasteiger partial charge in [0.1, 0.15) is 5.82 Å². The fraction of sp³-hybridized carbons (Fsp3) is 0.154. The number of imidazole rings is 1. The molecule has 0 bridgehead atoms. The minimum absolute atomic E-state index is 0.763. The van der Waals surface area contributed by atoms with Crippen molar-refractivity contribution in [3.8, 4) is 0 Å². The van der Waals surface area contributed by atoms with E-state index in [2.05, 4.69) is 41.9 Å². The Bertz CT molecular complexity index is 663. The van der Waals surface area contributed by atoms with E-state index in [4.69, 9.17) is 0 Å². The average molecular weight is 303 g/mol. The van der Waals surface area contributed by atoms with Crippen LogP contribution in [0.3, 0.4) is 0 Å². The zero-order valence-electron chi connectivity index (χ0n) is 9.60. The van der Waals surface area contributed by atoms with Crippen LogP contribution >= 0.6 is 15.9 Å². The van der Waals surface area contributed by atoms with Crippen molar-refractivity contribution < 1.29 is 0 Å². The second-order valence-electron chi connectivity index (χ2n) is 4.07. The van der Waals surface area contributed by atoms with Crippen molar-refractivity contribution in [1.82, 2.24) is 19.9 Å². The van der Waals surface area contributed by atoms with Gasteiger partial charge in [-0.2, -0.15) is 0 Å². The third-order valence-electron chi connectivity index (χ3n) is 2.73. The molecular weight excluding hydrogens is 292 g/mol. The number of aryl methyl sites for hydroxylation is 2. The van der Waals surface area contributed by atoms with E-state index in [1.165, 1.54) is 5.56 Å². The highest BCUT2D eigenvalue weighted by Gasteiger charge is 2.04. The Morgan fingerprint density at radius 2 is 2.17 bits per heavy atom. The maximum absolute atomic E-state index is 4.46. The standard InChI is InChI=1S/C13H11BrN4/c14-10-6-11-13(16-8-10)18-12(17-11)4-3-9-2-1-5-15-7-9/h1-2,5-8H,3-4H2,(H,16,17,18). The van der Waals surface area contributed by atoms with Crippen LogP contribution in [-0.4, -0.2) is 19.9 Å². The summed E-state index contributed by atoms with van der Waals surface area (Å²) in [4.78, 5) is 16.1. The predicted octanol–water partition coefficient (Wildman–Crippen LogP) is 2.90. The van der Waals surface area contributed by atoms with Gasteiger partial charge in [0.15, 0.2) is 5.65 Å². The number of nitrogens with zero attached hydrogens (tertiary/aromatic N) is 3. The SMILES string of the molecule is Brc1cnc2nc(CCc3cccnc3)[nH]c2c1. The van der Waals surface area contributed by atoms with Gasteiger partial charge >= 0.3 is 0 Å². The van der Waals surface area contributed by atoms with Gasteiger partial charge in [-0.3, -0.25) is 4.98 Å². The lowest BCUT2D eigenvalue weighted by molar-refractivity contribution is 0.883. The Kier molecular flexibility index (Phi) is 3.06. The Labute approximate surface area is 113 Å². The van der Waals surface area contributed by atoms with Crippen molar-refractivity contribution >= 4 is 27.1 Å². The highest BCUT2D eigenvalue weighted by atomic mass is 79.9. The molecule has 4 nitrogen and oxygen atoms in total. The quantitative estimate of drug-likeness (QED) is 0.809. The smallest absolute Gasteiger partial charge is 0.177 e. The van der Waals surface area contributed by atoms with Crippen LogP contribution in [0.5, 0.6) is 0 Å². The van der Waals surface area contributed by atoms with E-state index in [1.807, 2.05) is 18.3 Å². The van der Waals surface area contributed by atoms with E-state index in [0.29, 0.717) is 0 Å². The normalized spacial score (nSPS) is 10.9. The minimum atomic E-state index is 0.763. The minimum Gasteiger partial charge on any atom is -0.341 e. The molecule has 5 heteroatoms. The first-order valence-electron chi connectivity index (χ1n) is 5.70. The van der Waals surface area contributed by atoms with Gasteiger partial charge in [-0.25, -0.2) is 9.97 Å². The first-order chi connectivity index (χ1) is 8.81. The Balaban J connectivity index is 1.79. The second kappa shape index (κ2) is 4.86. The van der Waals surface area contributed by atoms with Crippen molar-refractivity contribution in [1.29, 1.82) is 0 Å². The molecule has 0 aliphatic carbocycles. The summed E-state index contributed by atoms with van der Waals surface area (Å²) in [5, 5.41) is 0. The van der Waals surface area contributed by atoms with Crippen molar-refractivity contribution in [3.05, 3.63) is 52.7 Å². The summed E-state index contributed by atoms with van der Waals surface area (Å²) < 4.78 is 0.956. The third-order valence-corrected chi connectivity index (χ3v) is 3.16. The summed E-state index contributed by atoms with van der Waals surface area (Å²) in [5.74, 6) is 0.958. The van der Waals surface area contributed by atoms with Gasteiger partial charge in [0.25, 0.3) is 0 Å². The van der Waals surface area contributed by atoms with Crippen LogP contribution < -0.4 is 0 Å². The van der Waals surface area contributed by atoms with E-state index in [0.717, 1.165) is 34.3 Å². The largest absolute Gasteiger partial charge is 0.341 e. The molecular formula is C13H11BrN4. The van der Waals surface area contributed by atoms with E-state index in [-0.39, 0.29) is 0 Å². The molecule has 3 aromatic heterocycles. The van der Waals surface area contributed by atoms with Gasteiger partial charge in [0.05, 0.1) is 5.52 Å². The van der Waals surface area contributed by atoms with Crippen LogP contribution in [0.4, 0.5) is 0 Å². The second-order valence-corrected chi connectivity index (χ2v) is 4.99.